The summed E-state index contributed by atoms with van der Waals surface area (Å²) in [5, 5.41) is 15.4. The Bertz CT molecular complexity index is 1550. The highest BCUT2D eigenvalue weighted by molar-refractivity contribution is 5.95. The number of methoxy groups -OCH3 is 2. The molecule has 2 aromatic heterocycles. The lowest BCUT2D eigenvalue weighted by atomic mass is 9.94. The summed E-state index contributed by atoms with van der Waals surface area (Å²) in [5.41, 5.74) is 4.88. The van der Waals surface area contributed by atoms with Gasteiger partial charge in [-0.25, -0.2) is 13.5 Å². The third-order valence-corrected chi connectivity index (χ3v) is 6.96. The van der Waals surface area contributed by atoms with E-state index in [1.807, 2.05) is 7.05 Å². The SMILES string of the molecule is COCc1nn(Cc2cc(F)cc3c2CCN(C)C3)cc1C(=O)NCc1c(-n2cc(C)nn2)ccc(OC)c1F. The minimum Gasteiger partial charge on any atom is -0.494 e. The Kier molecular flexibility index (Phi) is 7.90. The van der Waals surface area contributed by atoms with Gasteiger partial charge in [-0.15, -0.1) is 5.10 Å². The van der Waals surface area contributed by atoms with Crippen LogP contribution in [0.3, 0.4) is 0 Å². The molecule has 0 saturated heterocycles. The molecule has 12 heteroatoms. The Hall–Kier alpha value is -4.16. The second kappa shape index (κ2) is 11.5. The molecule has 1 aliphatic rings. The van der Waals surface area contributed by atoms with E-state index in [0.717, 1.165) is 29.7 Å². The number of hydrogen-bond donors (Lipinski definition) is 1. The van der Waals surface area contributed by atoms with Gasteiger partial charge in [-0.3, -0.25) is 9.48 Å². The second-order valence-electron chi connectivity index (χ2n) is 9.88. The predicted octanol–water partition coefficient (Wildman–Crippen LogP) is 3.17. The molecule has 2 aromatic carbocycles. The molecule has 0 aliphatic carbocycles. The van der Waals surface area contributed by atoms with Crippen LogP contribution in [0.2, 0.25) is 0 Å². The molecule has 1 amide bonds. The van der Waals surface area contributed by atoms with Gasteiger partial charge >= 0.3 is 0 Å². The molecule has 0 fully saturated rings. The molecule has 3 heterocycles. The maximum Gasteiger partial charge on any atom is 0.255 e. The first-order chi connectivity index (χ1) is 19.3. The quantitative estimate of drug-likeness (QED) is 0.341. The van der Waals surface area contributed by atoms with Gasteiger partial charge in [0.15, 0.2) is 11.6 Å². The minimum absolute atomic E-state index is 0.0438. The number of amides is 1. The summed E-state index contributed by atoms with van der Waals surface area (Å²) in [6.45, 7) is 3.59. The zero-order valence-electron chi connectivity index (χ0n) is 22.9. The highest BCUT2D eigenvalue weighted by atomic mass is 19.1. The number of aromatic nitrogens is 5. The molecular formula is C28H31F2N7O3. The van der Waals surface area contributed by atoms with E-state index in [-0.39, 0.29) is 35.8 Å². The van der Waals surface area contributed by atoms with Crippen molar-refractivity contribution < 1.29 is 23.0 Å². The normalized spacial score (nSPS) is 13.3. The van der Waals surface area contributed by atoms with Crippen molar-refractivity contribution in [1.29, 1.82) is 0 Å². The Balaban J connectivity index is 1.41. The first kappa shape index (κ1) is 27.4. The molecule has 1 N–H and O–H groups in total. The van der Waals surface area contributed by atoms with Gasteiger partial charge in [0.2, 0.25) is 0 Å². The van der Waals surface area contributed by atoms with E-state index in [4.69, 9.17) is 9.47 Å². The van der Waals surface area contributed by atoms with Crippen LogP contribution in [0.4, 0.5) is 8.78 Å². The zero-order chi connectivity index (χ0) is 28.4. The molecule has 0 saturated carbocycles. The number of halogens is 2. The number of benzene rings is 2. The largest absolute Gasteiger partial charge is 0.494 e. The van der Waals surface area contributed by atoms with Gasteiger partial charge in [-0.2, -0.15) is 5.10 Å². The number of hydrogen-bond acceptors (Lipinski definition) is 7. The first-order valence-electron chi connectivity index (χ1n) is 12.8. The average molecular weight is 552 g/mol. The summed E-state index contributed by atoms with van der Waals surface area (Å²) in [7, 11) is 4.90. The Morgan fingerprint density at radius 2 is 2.00 bits per heavy atom. The van der Waals surface area contributed by atoms with Crippen molar-refractivity contribution >= 4 is 5.91 Å². The number of carbonyl (C=O) groups excluding carboxylic acids is 1. The van der Waals surface area contributed by atoms with Gasteiger partial charge in [-0.1, -0.05) is 5.21 Å². The molecule has 210 valence electrons. The number of rotatable bonds is 9. The van der Waals surface area contributed by atoms with Gasteiger partial charge in [-0.05, 0) is 61.3 Å². The van der Waals surface area contributed by atoms with Crippen LogP contribution in [-0.2, 0) is 37.4 Å². The third-order valence-electron chi connectivity index (χ3n) is 6.96. The lowest BCUT2D eigenvalue weighted by molar-refractivity contribution is 0.0945. The van der Waals surface area contributed by atoms with Gasteiger partial charge in [0.25, 0.3) is 5.91 Å². The van der Waals surface area contributed by atoms with Crippen molar-refractivity contribution in [3.05, 3.63) is 87.5 Å². The average Bonchev–Trinajstić information content (AvgIpc) is 3.53. The smallest absolute Gasteiger partial charge is 0.255 e. The Morgan fingerprint density at radius 1 is 1.18 bits per heavy atom. The summed E-state index contributed by atoms with van der Waals surface area (Å²) >= 11 is 0. The summed E-state index contributed by atoms with van der Waals surface area (Å²) in [4.78, 5) is 15.5. The molecule has 1 aliphatic heterocycles. The summed E-state index contributed by atoms with van der Waals surface area (Å²) in [6.07, 6.45) is 4.08. The van der Waals surface area contributed by atoms with Crippen LogP contribution < -0.4 is 10.1 Å². The highest BCUT2D eigenvalue weighted by Gasteiger charge is 2.22. The van der Waals surface area contributed by atoms with Crippen LogP contribution in [0.25, 0.3) is 5.69 Å². The molecule has 0 bridgehead atoms. The molecule has 10 nitrogen and oxygen atoms in total. The first-order valence-corrected chi connectivity index (χ1v) is 12.8. The molecular weight excluding hydrogens is 520 g/mol. The molecule has 40 heavy (non-hydrogen) atoms. The number of ether oxygens (including phenoxy) is 2. The van der Waals surface area contributed by atoms with Crippen molar-refractivity contribution in [2.75, 3.05) is 27.8 Å². The lowest BCUT2D eigenvalue weighted by Crippen LogP contribution is -2.28. The predicted molar refractivity (Wildman–Crippen MR) is 142 cm³/mol. The van der Waals surface area contributed by atoms with Crippen LogP contribution >= 0.6 is 0 Å². The van der Waals surface area contributed by atoms with Crippen LogP contribution in [-0.4, -0.2) is 63.4 Å². The molecule has 0 spiro atoms. The number of likely N-dealkylation sites (N-methyl/N-ethyl adjacent to an activating group) is 1. The van der Waals surface area contributed by atoms with Crippen molar-refractivity contribution in [3.63, 3.8) is 0 Å². The summed E-state index contributed by atoms with van der Waals surface area (Å²) in [5.74, 6) is -1.32. The fourth-order valence-electron chi connectivity index (χ4n) is 5.04. The van der Waals surface area contributed by atoms with E-state index in [0.29, 0.717) is 30.2 Å². The summed E-state index contributed by atoms with van der Waals surface area (Å²) < 4.78 is 43.2. The number of nitrogens with one attached hydrogen (secondary N) is 1. The van der Waals surface area contributed by atoms with E-state index < -0.39 is 11.7 Å². The van der Waals surface area contributed by atoms with E-state index in [2.05, 4.69) is 25.6 Å². The fraction of sp³-hybridized carbons (Fsp3) is 0.357. The van der Waals surface area contributed by atoms with Gasteiger partial charge < -0.3 is 19.7 Å². The van der Waals surface area contributed by atoms with Gasteiger partial charge in [0.1, 0.15) is 11.5 Å². The van der Waals surface area contributed by atoms with Crippen LogP contribution in [0, 0.1) is 18.6 Å². The van der Waals surface area contributed by atoms with Crippen molar-refractivity contribution in [3.8, 4) is 11.4 Å². The van der Waals surface area contributed by atoms with E-state index in [1.165, 1.54) is 31.0 Å². The molecule has 4 aromatic rings. The van der Waals surface area contributed by atoms with Crippen LogP contribution in [0.15, 0.2) is 36.7 Å². The Labute approximate surface area is 230 Å². The number of fused-ring (bicyclic) bond motifs is 1. The zero-order valence-corrected chi connectivity index (χ0v) is 22.9. The van der Waals surface area contributed by atoms with Gasteiger partial charge in [0.05, 0.1) is 43.4 Å². The molecule has 0 atom stereocenters. The third kappa shape index (κ3) is 5.58. The van der Waals surface area contributed by atoms with E-state index in [1.54, 1.807) is 36.1 Å². The van der Waals surface area contributed by atoms with Crippen molar-refractivity contribution in [2.24, 2.45) is 0 Å². The lowest BCUT2D eigenvalue weighted by Gasteiger charge is -2.27. The maximum atomic E-state index is 15.3. The number of carbonyl (C=O) groups is 1. The maximum absolute atomic E-state index is 15.3. The van der Waals surface area contributed by atoms with Crippen LogP contribution in [0.1, 0.15) is 44.0 Å². The van der Waals surface area contributed by atoms with Crippen molar-refractivity contribution in [2.45, 2.75) is 39.6 Å². The highest BCUT2D eigenvalue weighted by Crippen LogP contribution is 2.27. The molecule has 5 rings (SSSR count). The van der Waals surface area contributed by atoms with Crippen molar-refractivity contribution in [1.82, 2.24) is 35.0 Å². The number of aryl methyl sites for hydroxylation is 1. The minimum atomic E-state index is -0.609. The Morgan fingerprint density at radius 3 is 2.73 bits per heavy atom. The fourth-order valence-corrected chi connectivity index (χ4v) is 5.04. The van der Waals surface area contributed by atoms with E-state index in [9.17, 15) is 9.18 Å². The van der Waals surface area contributed by atoms with Gasteiger partial charge in [0, 0.05) is 38.5 Å². The standard InChI is InChI=1S/C28H31F2N7O3/c1-17-12-37(34-32-17)25-5-6-26(40-4)27(30)22(25)11-31-28(38)23-15-36(33-24(23)16-39-3)14-19-10-20(29)9-18-13-35(2)8-7-21(18)19/h5-6,9-10,12,15H,7-8,11,13-14,16H2,1-4H3,(H,31,38). The van der Waals surface area contributed by atoms with Crippen LogP contribution in [0.5, 0.6) is 5.75 Å². The summed E-state index contributed by atoms with van der Waals surface area (Å²) in [6, 6.07) is 6.26. The molecule has 0 unspecified atom stereocenters. The topological polar surface area (TPSA) is 99.3 Å². The number of nitrogens with zero attached hydrogens (tertiary/aromatic N) is 6. The second-order valence-corrected chi connectivity index (χ2v) is 9.88. The monoisotopic (exact) mass is 551 g/mol. The molecule has 0 radical (unpaired) electrons. The van der Waals surface area contributed by atoms with E-state index >= 15 is 4.39 Å².